The Morgan fingerprint density at radius 2 is 2.12 bits per heavy atom. The smallest absolute Gasteiger partial charge is 0.242 e. The molecule has 25 heavy (non-hydrogen) atoms. The van der Waals surface area contributed by atoms with Crippen molar-refractivity contribution >= 4 is 11.7 Å². The van der Waals surface area contributed by atoms with Gasteiger partial charge in [-0.25, -0.2) is 4.68 Å². The molecule has 0 aliphatic heterocycles. The molecule has 1 aliphatic rings. The molecule has 1 amide bonds. The van der Waals surface area contributed by atoms with Crippen molar-refractivity contribution in [2.75, 3.05) is 5.73 Å². The lowest BCUT2D eigenvalue weighted by Crippen LogP contribution is -2.31. The third kappa shape index (κ3) is 3.50. The molecule has 0 saturated carbocycles. The van der Waals surface area contributed by atoms with Crippen molar-refractivity contribution in [3.8, 4) is 6.07 Å². The Kier molecular flexibility index (Phi) is 4.75. The van der Waals surface area contributed by atoms with Gasteiger partial charge in [-0.3, -0.25) is 4.79 Å². The fourth-order valence-corrected chi connectivity index (χ4v) is 3.39. The fourth-order valence-electron chi connectivity index (χ4n) is 3.39. The van der Waals surface area contributed by atoms with Crippen LogP contribution in [-0.2, 0) is 24.2 Å². The monoisotopic (exact) mass is 337 g/mol. The lowest BCUT2D eigenvalue weighted by atomic mass is 9.89. The number of hydrogen-bond donors (Lipinski definition) is 2. The van der Waals surface area contributed by atoms with Gasteiger partial charge in [0.1, 0.15) is 24.0 Å². The molecular weight excluding hydrogens is 314 g/mol. The molecule has 2 aromatic rings. The zero-order chi connectivity index (χ0) is 18.0. The lowest BCUT2D eigenvalue weighted by molar-refractivity contribution is -0.122. The Balaban J connectivity index is 1.68. The topological polar surface area (TPSA) is 96.7 Å². The minimum Gasteiger partial charge on any atom is -0.383 e. The lowest BCUT2D eigenvalue weighted by Gasteiger charge is -2.20. The molecule has 3 rings (SSSR count). The molecular formula is C19H23N5O. The summed E-state index contributed by atoms with van der Waals surface area (Å²) in [7, 11) is 0. The molecule has 1 heterocycles. The predicted octanol–water partition coefficient (Wildman–Crippen LogP) is 2.40. The molecule has 1 aliphatic carbocycles. The van der Waals surface area contributed by atoms with Crippen LogP contribution >= 0.6 is 0 Å². The molecule has 0 spiro atoms. The van der Waals surface area contributed by atoms with Crippen LogP contribution in [0.15, 0.2) is 18.2 Å². The van der Waals surface area contributed by atoms with Crippen molar-refractivity contribution in [2.24, 2.45) is 0 Å². The Morgan fingerprint density at radius 3 is 2.80 bits per heavy atom. The summed E-state index contributed by atoms with van der Waals surface area (Å²) >= 11 is 0. The van der Waals surface area contributed by atoms with Gasteiger partial charge in [-0.1, -0.05) is 18.2 Å². The summed E-state index contributed by atoms with van der Waals surface area (Å²) in [4.78, 5) is 12.3. The quantitative estimate of drug-likeness (QED) is 0.895. The maximum atomic E-state index is 12.3. The number of aromatic nitrogens is 2. The molecule has 0 saturated heterocycles. The predicted molar refractivity (Wildman–Crippen MR) is 95.7 cm³/mol. The molecule has 6 nitrogen and oxygen atoms in total. The Hall–Kier alpha value is -2.81. The van der Waals surface area contributed by atoms with Crippen molar-refractivity contribution in [1.29, 1.82) is 5.26 Å². The van der Waals surface area contributed by atoms with Gasteiger partial charge in [0.25, 0.3) is 0 Å². The van der Waals surface area contributed by atoms with E-state index < -0.39 is 0 Å². The first-order chi connectivity index (χ1) is 12.0. The van der Waals surface area contributed by atoms with Crippen molar-refractivity contribution in [3.05, 3.63) is 46.1 Å². The highest BCUT2D eigenvalue weighted by atomic mass is 16.2. The maximum absolute atomic E-state index is 12.3. The number of benzene rings is 1. The van der Waals surface area contributed by atoms with Crippen LogP contribution in [0.3, 0.4) is 0 Å². The fraction of sp³-hybridized carbons (Fsp3) is 0.421. The summed E-state index contributed by atoms with van der Waals surface area (Å²) in [5, 5.41) is 16.2. The van der Waals surface area contributed by atoms with E-state index >= 15 is 0 Å². The number of nitrogens with one attached hydrogen (secondary N) is 1. The Morgan fingerprint density at radius 1 is 1.40 bits per heavy atom. The minimum atomic E-state index is -0.177. The van der Waals surface area contributed by atoms with E-state index in [2.05, 4.69) is 28.6 Å². The zero-order valence-electron chi connectivity index (χ0n) is 14.7. The van der Waals surface area contributed by atoms with Gasteiger partial charge >= 0.3 is 0 Å². The van der Waals surface area contributed by atoms with Crippen molar-refractivity contribution in [1.82, 2.24) is 15.1 Å². The first-order valence-electron chi connectivity index (χ1n) is 8.63. The van der Waals surface area contributed by atoms with Crippen molar-refractivity contribution in [3.63, 3.8) is 0 Å². The van der Waals surface area contributed by atoms with Crippen molar-refractivity contribution in [2.45, 2.75) is 52.1 Å². The second-order valence-corrected chi connectivity index (χ2v) is 6.64. The number of nitrogens with two attached hydrogens (primary N) is 1. The van der Waals surface area contributed by atoms with Gasteiger partial charge in [0.15, 0.2) is 0 Å². The van der Waals surface area contributed by atoms with Crippen LogP contribution in [0.4, 0.5) is 5.82 Å². The molecule has 0 fully saturated rings. The number of carbonyl (C=O) groups excluding carboxylic acids is 1. The van der Waals surface area contributed by atoms with E-state index in [-0.39, 0.29) is 24.3 Å². The summed E-state index contributed by atoms with van der Waals surface area (Å²) in [6.07, 6.45) is 4.75. The largest absolute Gasteiger partial charge is 0.383 e. The van der Waals surface area contributed by atoms with Crippen LogP contribution in [0.5, 0.6) is 0 Å². The highest BCUT2D eigenvalue weighted by Gasteiger charge is 2.17. The number of nitrogen functional groups attached to an aromatic ring is 1. The normalized spacial score (nSPS) is 14.4. The third-order valence-electron chi connectivity index (χ3n) is 4.82. The first kappa shape index (κ1) is 17.0. The van der Waals surface area contributed by atoms with E-state index in [0.29, 0.717) is 11.3 Å². The van der Waals surface area contributed by atoms with Crippen LogP contribution in [0.2, 0.25) is 0 Å². The number of hydrogen-bond acceptors (Lipinski definition) is 4. The highest BCUT2D eigenvalue weighted by molar-refractivity contribution is 5.77. The first-order valence-corrected chi connectivity index (χ1v) is 8.63. The number of nitrogens with zero attached hydrogens (tertiary/aromatic N) is 3. The second-order valence-electron chi connectivity index (χ2n) is 6.64. The average molecular weight is 337 g/mol. The number of aryl methyl sites for hydroxylation is 3. The maximum Gasteiger partial charge on any atom is 0.242 e. The van der Waals surface area contributed by atoms with Gasteiger partial charge in [0, 0.05) is 0 Å². The average Bonchev–Trinajstić information content (AvgIpc) is 2.87. The Labute approximate surface area is 147 Å². The van der Waals surface area contributed by atoms with Gasteiger partial charge in [0.05, 0.1) is 11.7 Å². The summed E-state index contributed by atoms with van der Waals surface area (Å²) in [5.74, 6) is 0.0560. The summed E-state index contributed by atoms with van der Waals surface area (Å²) in [6, 6.07) is 8.40. The number of anilines is 1. The molecule has 1 aromatic heterocycles. The number of rotatable bonds is 4. The van der Waals surface area contributed by atoms with E-state index in [1.165, 1.54) is 28.7 Å². The third-order valence-corrected chi connectivity index (χ3v) is 4.82. The molecule has 3 N–H and O–H groups in total. The molecule has 0 bridgehead atoms. The van der Waals surface area contributed by atoms with Crippen LogP contribution in [0, 0.1) is 18.3 Å². The van der Waals surface area contributed by atoms with E-state index in [0.717, 1.165) is 18.4 Å². The van der Waals surface area contributed by atoms with Gasteiger partial charge < -0.3 is 11.1 Å². The van der Waals surface area contributed by atoms with E-state index in [9.17, 15) is 4.79 Å². The van der Waals surface area contributed by atoms with Crippen LogP contribution in [0.1, 0.15) is 53.8 Å². The summed E-state index contributed by atoms with van der Waals surface area (Å²) in [6.45, 7) is 3.68. The number of nitriles is 1. The van der Waals surface area contributed by atoms with Crippen LogP contribution in [-0.4, -0.2) is 15.7 Å². The minimum absolute atomic E-state index is 0.00361. The zero-order valence-corrected chi connectivity index (χ0v) is 14.7. The molecule has 0 unspecified atom stereocenters. The number of carbonyl (C=O) groups is 1. The highest BCUT2D eigenvalue weighted by Crippen LogP contribution is 2.24. The SMILES string of the molecule is Cc1nn(CC(=O)N[C@@H](C)c2ccc3c(c2)CCCC3)c(N)c1C#N. The molecule has 0 radical (unpaired) electrons. The van der Waals surface area contributed by atoms with E-state index in [1.54, 1.807) is 6.92 Å². The molecule has 130 valence electrons. The number of amides is 1. The standard InChI is InChI=1S/C19H23N5O/c1-12(15-8-7-14-5-3-4-6-16(14)9-15)22-18(25)11-24-19(21)17(10-20)13(2)23-24/h7-9,12H,3-6,11,21H2,1-2H3,(H,22,25)/t12-/m0/s1. The van der Waals surface area contributed by atoms with Gasteiger partial charge in [-0.05, 0) is 56.2 Å². The summed E-state index contributed by atoms with van der Waals surface area (Å²) < 4.78 is 1.38. The van der Waals surface area contributed by atoms with Gasteiger partial charge in [0.2, 0.25) is 5.91 Å². The molecule has 1 atom stereocenters. The summed E-state index contributed by atoms with van der Waals surface area (Å²) in [5.41, 5.74) is 10.7. The van der Waals surface area contributed by atoms with E-state index in [4.69, 9.17) is 11.0 Å². The van der Waals surface area contributed by atoms with E-state index in [1.807, 2.05) is 13.0 Å². The van der Waals surface area contributed by atoms with Gasteiger partial charge in [-0.2, -0.15) is 10.4 Å². The van der Waals surface area contributed by atoms with Crippen molar-refractivity contribution < 1.29 is 4.79 Å². The second kappa shape index (κ2) is 6.98. The molecule has 6 heteroatoms. The van der Waals surface area contributed by atoms with Crippen LogP contribution in [0.25, 0.3) is 0 Å². The molecule has 1 aromatic carbocycles. The Bertz CT molecular complexity index is 846. The van der Waals surface area contributed by atoms with Crippen LogP contribution < -0.4 is 11.1 Å². The number of fused-ring (bicyclic) bond motifs is 1. The van der Waals surface area contributed by atoms with Gasteiger partial charge in [-0.15, -0.1) is 0 Å².